The Kier molecular flexibility index (Phi) is 6.76. The highest BCUT2D eigenvalue weighted by Gasteiger charge is 2.45. The van der Waals surface area contributed by atoms with Gasteiger partial charge in [-0.25, -0.2) is 4.18 Å². The predicted octanol–water partition coefficient (Wildman–Crippen LogP) is -2.07. The Morgan fingerprint density at radius 1 is 1.12 bits per heavy atom. The SMILES string of the molecule is O=S(=O)(O)OC[C@H]1O[C@@H](Oc2cc(CCO)ccc2O)[C@H](O)[C@@H](O)[C@@H]1O. The van der Waals surface area contributed by atoms with Gasteiger partial charge in [0.2, 0.25) is 6.29 Å². The lowest BCUT2D eigenvalue weighted by molar-refractivity contribution is -0.276. The van der Waals surface area contributed by atoms with Crippen LogP contribution in [0, 0.1) is 0 Å². The maximum Gasteiger partial charge on any atom is 0.397 e. The average molecular weight is 396 g/mol. The molecule has 0 aromatic heterocycles. The topological polar surface area (TPSA) is 183 Å². The van der Waals surface area contributed by atoms with Crippen molar-refractivity contribution >= 4 is 10.4 Å². The summed E-state index contributed by atoms with van der Waals surface area (Å²) in [6, 6.07) is 4.21. The zero-order valence-electron chi connectivity index (χ0n) is 13.4. The first-order valence-electron chi connectivity index (χ1n) is 7.53. The summed E-state index contributed by atoms with van der Waals surface area (Å²) in [5.41, 5.74) is 0.609. The Bertz CT molecular complexity index is 707. The second-order valence-electron chi connectivity index (χ2n) is 5.62. The Balaban J connectivity index is 2.15. The predicted molar refractivity (Wildman–Crippen MR) is 83.7 cm³/mol. The number of phenolic OH excluding ortho intramolecular Hbond substituents is 1. The van der Waals surface area contributed by atoms with Crippen molar-refractivity contribution < 1.29 is 52.2 Å². The Morgan fingerprint density at radius 3 is 2.42 bits per heavy atom. The maximum atomic E-state index is 10.6. The van der Waals surface area contributed by atoms with Gasteiger partial charge in [0.05, 0.1) is 6.61 Å². The molecule has 11 nitrogen and oxygen atoms in total. The van der Waals surface area contributed by atoms with Crippen molar-refractivity contribution in [3.8, 4) is 11.5 Å². The van der Waals surface area contributed by atoms with Crippen LogP contribution in [0.25, 0.3) is 0 Å². The first kappa shape index (κ1) is 20.8. The van der Waals surface area contributed by atoms with Crippen LogP contribution in [0.2, 0.25) is 0 Å². The fraction of sp³-hybridized carbons (Fsp3) is 0.571. The largest absolute Gasteiger partial charge is 0.504 e. The molecule has 0 aliphatic carbocycles. The van der Waals surface area contributed by atoms with Crippen LogP contribution in [0.4, 0.5) is 0 Å². The lowest BCUT2D eigenvalue weighted by Crippen LogP contribution is -2.60. The molecule has 0 radical (unpaired) electrons. The molecule has 1 saturated heterocycles. The summed E-state index contributed by atoms with van der Waals surface area (Å²) in [6.07, 6.45) is -7.99. The van der Waals surface area contributed by atoms with Crippen molar-refractivity contribution in [1.82, 2.24) is 0 Å². The number of phenols is 1. The standard InChI is InChI=1S/C14H20O11S/c15-4-3-7-1-2-8(16)9(5-7)24-14-13(19)12(18)11(17)10(25-14)6-23-26(20,21)22/h1-2,5,10-19H,3-4,6H2,(H,20,21,22)/t10-,11-,12+,13-,14-/m1/s1. The molecule has 0 saturated carbocycles. The van der Waals surface area contributed by atoms with Gasteiger partial charge in [-0.1, -0.05) is 6.07 Å². The molecule has 0 unspecified atom stereocenters. The van der Waals surface area contributed by atoms with Crippen LogP contribution in [-0.2, 0) is 25.7 Å². The van der Waals surface area contributed by atoms with E-state index in [1.807, 2.05) is 0 Å². The molecule has 1 aliphatic heterocycles. The number of hydrogen-bond acceptors (Lipinski definition) is 10. The van der Waals surface area contributed by atoms with Crippen molar-refractivity contribution in [2.24, 2.45) is 0 Å². The van der Waals surface area contributed by atoms with E-state index < -0.39 is 47.7 Å². The normalized spacial score (nSPS) is 29.5. The summed E-state index contributed by atoms with van der Waals surface area (Å²) in [5.74, 6) is -0.438. The molecule has 1 aliphatic rings. The van der Waals surface area contributed by atoms with Crippen LogP contribution in [-0.4, -0.2) is 82.4 Å². The van der Waals surface area contributed by atoms with E-state index in [1.165, 1.54) is 18.2 Å². The number of aromatic hydroxyl groups is 1. The third kappa shape index (κ3) is 5.25. The fourth-order valence-electron chi connectivity index (χ4n) is 2.37. The van der Waals surface area contributed by atoms with Crippen LogP contribution in [0.1, 0.15) is 5.56 Å². The second-order valence-corrected chi connectivity index (χ2v) is 6.71. The van der Waals surface area contributed by atoms with Gasteiger partial charge < -0.3 is 35.0 Å². The van der Waals surface area contributed by atoms with E-state index in [1.54, 1.807) is 0 Å². The number of ether oxygens (including phenoxy) is 2. The lowest BCUT2D eigenvalue weighted by atomic mass is 9.99. The number of aliphatic hydroxyl groups is 4. The van der Waals surface area contributed by atoms with Gasteiger partial charge in [0.15, 0.2) is 11.5 Å². The van der Waals surface area contributed by atoms with Crippen LogP contribution in [0.5, 0.6) is 11.5 Å². The van der Waals surface area contributed by atoms with E-state index in [4.69, 9.17) is 19.1 Å². The molecule has 1 fully saturated rings. The summed E-state index contributed by atoms with van der Waals surface area (Å²) in [4.78, 5) is 0. The van der Waals surface area contributed by atoms with Gasteiger partial charge >= 0.3 is 10.4 Å². The number of rotatable bonds is 7. The fourth-order valence-corrected chi connectivity index (χ4v) is 2.67. The molecule has 1 aromatic rings. The molecule has 5 atom stereocenters. The molecule has 0 amide bonds. The van der Waals surface area contributed by atoms with Crippen LogP contribution >= 0.6 is 0 Å². The minimum absolute atomic E-state index is 0.127. The summed E-state index contributed by atoms with van der Waals surface area (Å²) in [5, 5.41) is 48.5. The van der Waals surface area contributed by atoms with E-state index in [2.05, 4.69) is 4.18 Å². The van der Waals surface area contributed by atoms with Gasteiger partial charge in [0.1, 0.15) is 24.4 Å². The summed E-state index contributed by atoms with van der Waals surface area (Å²) in [7, 11) is -4.81. The molecule has 1 heterocycles. The van der Waals surface area contributed by atoms with Crippen molar-refractivity contribution in [3.05, 3.63) is 23.8 Å². The van der Waals surface area contributed by atoms with Crippen molar-refractivity contribution in [3.63, 3.8) is 0 Å². The number of aliphatic hydroxyl groups excluding tert-OH is 4. The third-order valence-electron chi connectivity index (χ3n) is 3.72. The van der Waals surface area contributed by atoms with Crippen molar-refractivity contribution in [2.45, 2.75) is 37.1 Å². The highest BCUT2D eigenvalue weighted by atomic mass is 32.3. The minimum Gasteiger partial charge on any atom is -0.504 e. The second kappa shape index (κ2) is 8.45. The van der Waals surface area contributed by atoms with Crippen LogP contribution in [0.3, 0.4) is 0 Å². The van der Waals surface area contributed by atoms with Crippen LogP contribution in [0.15, 0.2) is 18.2 Å². The van der Waals surface area contributed by atoms with Gasteiger partial charge in [0.25, 0.3) is 0 Å². The van der Waals surface area contributed by atoms with E-state index in [0.29, 0.717) is 5.56 Å². The molecule has 12 heteroatoms. The zero-order chi connectivity index (χ0) is 19.5. The molecular weight excluding hydrogens is 376 g/mol. The Morgan fingerprint density at radius 2 is 1.81 bits per heavy atom. The van der Waals surface area contributed by atoms with Crippen LogP contribution < -0.4 is 4.74 Å². The van der Waals surface area contributed by atoms with Gasteiger partial charge in [0, 0.05) is 6.61 Å². The first-order valence-corrected chi connectivity index (χ1v) is 8.90. The zero-order valence-corrected chi connectivity index (χ0v) is 14.2. The van der Waals surface area contributed by atoms with E-state index >= 15 is 0 Å². The van der Waals surface area contributed by atoms with E-state index in [9.17, 15) is 28.8 Å². The van der Waals surface area contributed by atoms with Gasteiger partial charge in [-0.05, 0) is 24.1 Å². The lowest BCUT2D eigenvalue weighted by Gasteiger charge is -2.39. The van der Waals surface area contributed by atoms with E-state index in [-0.39, 0.29) is 24.5 Å². The molecular formula is C14H20O11S. The van der Waals surface area contributed by atoms with E-state index in [0.717, 1.165) is 0 Å². The Labute approximate surface area is 148 Å². The summed E-state index contributed by atoms with van der Waals surface area (Å²) < 4.78 is 44.5. The van der Waals surface area contributed by atoms with Gasteiger partial charge in [-0.15, -0.1) is 0 Å². The number of benzene rings is 1. The number of hydrogen-bond donors (Lipinski definition) is 6. The summed E-state index contributed by atoms with van der Waals surface area (Å²) >= 11 is 0. The van der Waals surface area contributed by atoms with Crippen molar-refractivity contribution in [1.29, 1.82) is 0 Å². The average Bonchev–Trinajstić information content (AvgIpc) is 2.56. The monoisotopic (exact) mass is 396 g/mol. The molecule has 1 aromatic carbocycles. The van der Waals surface area contributed by atoms with Gasteiger partial charge in [-0.3, -0.25) is 4.55 Å². The summed E-state index contributed by atoms with van der Waals surface area (Å²) in [6.45, 7) is -0.993. The molecule has 26 heavy (non-hydrogen) atoms. The van der Waals surface area contributed by atoms with Gasteiger partial charge in [-0.2, -0.15) is 8.42 Å². The maximum absolute atomic E-state index is 10.6. The molecule has 0 spiro atoms. The smallest absolute Gasteiger partial charge is 0.397 e. The Hall–Kier alpha value is -1.51. The molecule has 0 bridgehead atoms. The van der Waals surface area contributed by atoms with Crippen molar-refractivity contribution in [2.75, 3.05) is 13.2 Å². The molecule has 148 valence electrons. The highest BCUT2D eigenvalue weighted by Crippen LogP contribution is 2.31. The quantitative estimate of drug-likeness (QED) is 0.278. The third-order valence-corrected chi connectivity index (χ3v) is 4.15. The highest BCUT2D eigenvalue weighted by molar-refractivity contribution is 7.80. The molecule has 6 N–H and O–H groups in total. The first-order chi connectivity index (χ1) is 12.1. The molecule has 2 rings (SSSR count). The minimum atomic E-state index is -4.81.